The van der Waals surface area contributed by atoms with Crippen molar-refractivity contribution in [2.45, 2.75) is 18.4 Å². The Bertz CT molecular complexity index is 669. The minimum atomic E-state index is -0.430. The molecule has 3 heteroatoms. The average molecular weight is 315 g/mol. The van der Waals surface area contributed by atoms with Gasteiger partial charge < -0.3 is 0 Å². The van der Waals surface area contributed by atoms with Crippen LogP contribution in [0, 0.1) is 0 Å². The van der Waals surface area contributed by atoms with Crippen LogP contribution in [-0.4, -0.2) is 28.0 Å². The number of benzene rings is 1. The zero-order valence-corrected chi connectivity index (χ0v) is 13.7. The van der Waals surface area contributed by atoms with E-state index in [-0.39, 0.29) is 0 Å². The Hall–Kier alpha value is -2.52. The third-order valence-corrected chi connectivity index (χ3v) is 4.84. The van der Waals surface area contributed by atoms with E-state index in [9.17, 15) is 0 Å². The molecule has 3 heterocycles. The highest BCUT2D eigenvalue weighted by molar-refractivity contribution is 5.44. The van der Waals surface area contributed by atoms with Gasteiger partial charge in [0.1, 0.15) is 5.54 Å². The molecule has 0 saturated carbocycles. The molecule has 3 nitrogen and oxygen atoms in total. The van der Waals surface area contributed by atoms with E-state index in [0.717, 1.165) is 24.5 Å². The lowest BCUT2D eigenvalue weighted by Crippen LogP contribution is -2.47. The van der Waals surface area contributed by atoms with E-state index in [0.29, 0.717) is 0 Å². The van der Waals surface area contributed by atoms with Crippen molar-refractivity contribution in [1.29, 1.82) is 0 Å². The molecule has 0 N–H and O–H groups in total. The third kappa shape index (κ3) is 2.42. The Morgan fingerprint density at radius 2 is 1.21 bits per heavy atom. The molecule has 3 aromatic rings. The van der Waals surface area contributed by atoms with Crippen molar-refractivity contribution in [2.24, 2.45) is 0 Å². The van der Waals surface area contributed by atoms with Crippen LogP contribution < -0.4 is 0 Å². The summed E-state index contributed by atoms with van der Waals surface area (Å²) in [5, 5.41) is 0. The third-order valence-electron chi connectivity index (χ3n) is 4.84. The van der Waals surface area contributed by atoms with Crippen molar-refractivity contribution < 1.29 is 0 Å². The molecule has 1 saturated heterocycles. The van der Waals surface area contributed by atoms with Crippen molar-refractivity contribution in [3.05, 3.63) is 96.1 Å². The SMILES string of the molecule is c1ccc(C(c2ccccn2)(c2ccccn2)N2CCCC2)cc1. The lowest BCUT2D eigenvalue weighted by Gasteiger charge is -2.41. The van der Waals surface area contributed by atoms with Crippen LogP contribution >= 0.6 is 0 Å². The van der Waals surface area contributed by atoms with Crippen LogP contribution in [0.3, 0.4) is 0 Å². The maximum Gasteiger partial charge on any atom is 0.132 e. The lowest BCUT2D eigenvalue weighted by atomic mass is 9.81. The zero-order valence-electron chi connectivity index (χ0n) is 13.7. The Balaban J connectivity index is 2.03. The minimum absolute atomic E-state index is 0.430. The van der Waals surface area contributed by atoms with E-state index in [2.05, 4.69) is 59.5 Å². The number of nitrogens with zero attached hydrogens (tertiary/aromatic N) is 3. The summed E-state index contributed by atoms with van der Waals surface area (Å²) in [5.74, 6) is 0. The molecule has 0 spiro atoms. The summed E-state index contributed by atoms with van der Waals surface area (Å²) in [5.41, 5.74) is 2.87. The van der Waals surface area contributed by atoms with Crippen molar-refractivity contribution in [3.63, 3.8) is 0 Å². The summed E-state index contributed by atoms with van der Waals surface area (Å²) < 4.78 is 0. The average Bonchev–Trinajstić information content (AvgIpc) is 3.20. The fourth-order valence-electron chi connectivity index (χ4n) is 3.82. The number of aromatic nitrogens is 2. The van der Waals surface area contributed by atoms with Crippen LogP contribution in [0.2, 0.25) is 0 Å². The Labute approximate surface area is 143 Å². The van der Waals surface area contributed by atoms with E-state index >= 15 is 0 Å². The fraction of sp³-hybridized carbons (Fsp3) is 0.238. The molecule has 1 fully saturated rings. The first kappa shape index (κ1) is 15.0. The van der Waals surface area contributed by atoms with Crippen molar-refractivity contribution in [3.8, 4) is 0 Å². The van der Waals surface area contributed by atoms with Gasteiger partial charge in [-0.2, -0.15) is 0 Å². The van der Waals surface area contributed by atoms with Gasteiger partial charge in [-0.25, -0.2) is 0 Å². The second-order valence-electron chi connectivity index (χ2n) is 6.20. The van der Waals surface area contributed by atoms with E-state index in [1.165, 1.54) is 18.4 Å². The number of rotatable bonds is 4. The molecule has 24 heavy (non-hydrogen) atoms. The monoisotopic (exact) mass is 315 g/mol. The molecular formula is C21H21N3. The molecule has 120 valence electrons. The second kappa shape index (κ2) is 6.54. The van der Waals surface area contributed by atoms with Crippen LogP contribution in [0.5, 0.6) is 0 Å². The Kier molecular flexibility index (Phi) is 4.09. The lowest BCUT2D eigenvalue weighted by molar-refractivity contribution is 0.189. The van der Waals surface area contributed by atoms with Gasteiger partial charge in [0.2, 0.25) is 0 Å². The standard InChI is InChI=1S/C21H21N3/c1-2-10-18(11-3-1)21(24-16-8-9-17-24,19-12-4-6-14-22-19)20-13-5-7-15-23-20/h1-7,10-15H,8-9,16-17H2. The van der Waals surface area contributed by atoms with E-state index in [1.807, 2.05) is 24.5 Å². The predicted octanol–water partition coefficient (Wildman–Crippen LogP) is 3.86. The van der Waals surface area contributed by atoms with Gasteiger partial charge in [-0.1, -0.05) is 42.5 Å². The van der Waals surface area contributed by atoms with E-state index in [4.69, 9.17) is 9.97 Å². The van der Waals surface area contributed by atoms with Crippen LogP contribution in [0.15, 0.2) is 79.1 Å². The molecule has 1 aromatic carbocycles. The highest BCUT2D eigenvalue weighted by atomic mass is 15.2. The maximum atomic E-state index is 4.77. The molecule has 0 atom stereocenters. The van der Waals surface area contributed by atoms with Gasteiger partial charge in [-0.15, -0.1) is 0 Å². The quantitative estimate of drug-likeness (QED) is 0.732. The van der Waals surface area contributed by atoms with Gasteiger partial charge in [0.15, 0.2) is 0 Å². The molecule has 0 bridgehead atoms. The van der Waals surface area contributed by atoms with Crippen molar-refractivity contribution >= 4 is 0 Å². The van der Waals surface area contributed by atoms with E-state index < -0.39 is 5.54 Å². The molecule has 1 aliphatic heterocycles. The van der Waals surface area contributed by atoms with Gasteiger partial charge in [0, 0.05) is 12.4 Å². The summed E-state index contributed by atoms with van der Waals surface area (Å²) in [4.78, 5) is 12.1. The summed E-state index contributed by atoms with van der Waals surface area (Å²) in [6.45, 7) is 2.12. The molecule has 0 amide bonds. The summed E-state index contributed by atoms with van der Waals surface area (Å²) in [6, 6.07) is 23.0. The van der Waals surface area contributed by atoms with Crippen molar-refractivity contribution in [2.75, 3.05) is 13.1 Å². The number of likely N-dealkylation sites (tertiary alicyclic amines) is 1. The highest BCUT2D eigenvalue weighted by Gasteiger charge is 2.45. The Morgan fingerprint density at radius 1 is 0.667 bits per heavy atom. The van der Waals surface area contributed by atoms with Crippen LogP contribution in [0.4, 0.5) is 0 Å². The smallest absolute Gasteiger partial charge is 0.132 e. The van der Waals surface area contributed by atoms with Crippen LogP contribution in [0.1, 0.15) is 29.8 Å². The topological polar surface area (TPSA) is 29.0 Å². The molecular weight excluding hydrogens is 294 g/mol. The van der Waals surface area contributed by atoms with Gasteiger partial charge >= 0.3 is 0 Å². The molecule has 0 unspecified atom stereocenters. The first-order valence-electron chi connectivity index (χ1n) is 8.56. The number of pyridine rings is 2. The maximum absolute atomic E-state index is 4.77. The molecule has 1 aliphatic rings. The summed E-state index contributed by atoms with van der Waals surface area (Å²) in [7, 11) is 0. The number of hydrogen-bond donors (Lipinski definition) is 0. The van der Waals surface area contributed by atoms with Gasteiger partial charge in [-0.05, 0) is 55.8 Å². The van der Waals surface area contributed by atoms with Crippen molar-refractivity contribution in [1.82, 2.24) is 14.9 Å². The molecule has 4 rings (SSSR count). The predicted molar refractivity (Wildman–Crippen MR) is 95.6 cm³/mol. The molecule has 0 aliphatic carbocycles. The van der Waals surface area contributed by atoms with Crippen LogP contribution in [0.25, 0.3) is 0 Å². The first-order chi connectivity index (χ1) is 11.9. The van der Waals surface area contributed by atoms with Gasteiger partial charge in [0.25, 0.3) is 0 Å². The fourth-order valence-corrected chi connectivity index (χ4v) is 3.82. The second-order valence-corrected chi connectivity index (χ2v) is 6.20. The van der Waals surface area contributed by atoms with Crippen LogP contribution in [-0.2, 0) is 5.54 Å². The highest BCUT2D eigenvalue weighted by Crippen LogP contribution is 2.42. The minimum Gasteiger partial charge on any atom is -0.284 e. The summed E-state index contributed by atoms with van der Waals surface area (Å²) >= 11 is 0. The first-order valence-corrected chi connectivity index (χ1v) is 8.56. The molecule has 0 radical (unpaired) electrons. The normalized spacial score (nSPS) is 15.5. The van der Waals surface area contributed by atoms with Gasteiger partial charge in [0.05, 0.1) is 11.4 Å². The summed E-state index contributed by atoms with van der Waals surface area (Å²) in [6.07, 6.45) is 6.20. The van der Waals surface area contributed by atoms with E-state index in [1.54, 1.807) is 0 Å². The van der Waals surface area contributed by atoms with Gasteiger partial charge in [-0.3, -0.25) is 14.9 Å². The Morgan fingerprint density at radius 3 is 1.71 bits per heavy atom. The zero-order chi connectivity index (χ0) is 16.2. The largest absolute Gasteiger partial charge is 0.284 e. The molecule has 2 aromatic heterocycles. The number of hydrogen-bond acceptors (Lipinski definition) is 3.